The lowest BCUT2D eigenvalue weighted by molar-refractivity contribution is 0.897. The van der Waals surface area contributed by atoms with Crippen LogP contribution in [-0.4, -0.2) is 4.57 Å². The summed E-state index contributed by atoms with van der Waals surface area (Å²) in [4.78, 5) is 0. The van der Waals surface area contributed by atoms with Crippen LogP contribution in [0.15, 0.2) is 49.1 Å². The average molecular weight is 235 g/mol. The lowest BCUT2D eigenvalue weighted by atomic mass is 10.0. The van der Waals surface area contributed by atoms with Gasteiger partial charge in [-0.3, -0.25) is 0 Å². The first-order valence-corrected chi connectivity index (χ1v) is 6.32. The lowest BCUT2D eigenvalue weighted by Gasteiger charge is -2.06. The summed E-state index contributed by atoms with van der Waals surface area (Å²) in [6.45, 7) is 9.10. The molecule has 0 atom stereocenters. The summed E-state index contributed by atoms with van der Waals surface area (Å²) in [5.74, 6) is 0. The fourth-order valence-electron chi connectivity index (χ4n) is 2.84. The van der Waals surface area contributed by atoms with Crippen LogP contribution in [0, 0.1) is 13.8 Å². The molecule has 0 bridgehead atoms. The molecule has 0 amide bonds. The van der Waals surface area contributed by atoms with Crippen molar-refractivity contribution in [2.75, 3.05) is 0 Å². The Labute approximate surface area is 107 Å². The molecule has 2 aromatic carbocycles. The minimum absolute atomic E-state index is 0.855. The Morgan fingerprint density at radius 3 is 2.56 bits per heavy atom. The molecule has 1 nitrogen and oxygen atoms in total. The van der Waals surface area contributed by atoms with Gasteiger partial charge in [0.25, 0.3) is 0 Å². The quantitative estimate of drug-likeness (QED) is 0.572. The van der Waals surface area contributed by atoms with E-state index in [4.69, 9.17) is 0 Å². The second-order valence-corrected chi connectivity index (χ2v) is 4.84. The van der Waals surface area contributed by atoms with Gasteiger partial charge in [0, 0.05) is 22.8 Å². The van der Waals surface area contributed by atoms with Crippen LogP contribution in [0.4, 0.5) is 0 Å². The summed E-state index contributed by atoms with van der Waals surface area (Å²) in [6, 6.07) is 13.0. The fraction of sp³-hybridized carbons (Fsp3) is 0.176. The molecule has 1 heterocycles. The van der Waals surface area contributed by atoms with E-state index in [1.54, 1.807) is 0 Å². The Morgan fingerprint density at radius 2 is 1.78 bits per heavy atom. The molecule has 0 saturated heterocycles. The molecule has 1 heteroatoms. The van der Waals surface area contributed by atoms with Crippen molar-refractivity contribution in [3.63, 3.8) is 0 Å². The van der Waals surface area contributed by atoms with Crippen molar-refractivity contribution in [2.45, 2.75) is 20.4 Å². The van der Waals surface area contributed by atoms with Gasteiger partial charge in [0.2, 0.25) is 0 Å². The summed E-state index contributed by atoms with van der Waals surface area (Å²) in [5.41, 5.74) is 5.31. The smallest absolute Gasteiger partial charge is 0.0526 e. The van der Waals surface area contributed by atoms with Crippen molar-refractivity contribution in [3.8, 4) is 0 Å². The molecule has 3 aromatic rings. The number of rotatable bonds is 2. The Kier molecular flexibility index (Phi) is 2.48. The number of aryl methyl sites for hydroxylation is 2. The maximum absolute atomic E-state index is 3.88. The standard InChI is InChI=1S/C17H17N/c1-4-11-18-15-8-6-5-7-14(15)16-12(2)9-10-13(3)17(16)18/h4-10H,1,11H2,2-3H3. The molecule has 0 fully saturated rings. The SMILES string of the molecule is C=CCn1c2ccccc2c2c(C)ccc(C)c21. The Hall–Kier alpha value is -2.02. The monoisotopic (exact) mass is 235 g/mol. The molecule has 0 aliphatic carbocycles. The fourth-order valence-corrected chi connectivity index (χ4v) is 2.84. The topological polar surface area (TPSA) is 4.93 Å². The van der Waals surface area contributed by atoms with Crippen LogP contribution >= 0.6 is 0 Å². The maximum atomic E-state index is 3.88. The summed E-state index contributed by atoms with van der Waals surface area (Å²) in [5, 5.41) is 2.73. The third-order valence-corrected chi connectivity index (χ3v) is 3.63. The predicted octanol–water partition coefficient (Wildman–Crippen LogP) is 4.60. The summed E-state index contributed by atoms with van der Waals surface area (Å²) >= 11 is 0. The zero-order chi connectivity index (χ0) is 12.7. The molecular formula is C17H17N. The van der Waals surface area contributed by atoms with Crippen molar-refractivity contribution in [3.05, 3.63) is 60.2 Å². The van der Waals surface area contributed by atoms with Crippen molar-refractivity contribution in [1.29, 1.82) is 0 Å². The number of hydrogen-bond donors (Lipinski definition) is 0. The lowest BCUT2D eigenvalue weighted by Crippen LogP contribution is -1.95. The van der Waals surface area contributed by atoms with E-state index in [1.165, 1.54) is 32.9 Å². The van der Waals surface area contributed by atoms with E-state index < -0.39 is 0 Å². The maximum Gasteiger partial charge on any atom is 0.0526 e. The highest BCUT2D eigenvalue weighted by Crippen LogP contribution is 2.33. The van der Waals surface area contributed by atoms with Crippen LogP contribution in [0.2, 0.25) is 0 Å². The van der Waals surface area contributed by atoms with Crippen molar-refractivity contribution >= 4 is 21.8 Å². The van der Waals surface area contributed by atoms with Crippen LogP contribution in [0.25, 0.3) is 21.8 Å². The van der Waals surface area contributed by atoms with Crippen LogP contribution in [0.1, 0.15) is 11.1 Å². The van der Waals surface area contributed by atoms with E-state index in [2.05, 4.69) is 61.4 Å². The summed E-state index contributed by atoms with van der Waals surface area (Å²) in [7, 11) is 0. The third kappa shape index (κ3) is 1.40. The number of allylic oxidation sites excluding steroid dienone is 1. The van der Waals surface area contributed by atoms with Gasteiger partial charge < -0.3 is 4.57 Å². The first-order valence-electron chi connectivity index (χ1n) is 6.32. The number of fused-ring (bicyclic) bond motifs is 3. The predicted molar refractivity (Wildman–Crippen MR) is 79.1 cm³/mol. The van der Waals surface area contributed by atoms with Crippen molar-refractivity contribution < 1.29 is 0 Å². The van der Waals surface area contributed by atoms with Crippen LogP contribution in [0.5, 0.6) is 0 Å². The summed E-state index contributed by atoms with van der Waals surface area (Å²) < 4.78 is 2.36. The van der Waals surface area contributed by atoms with Crippen molar-refractivity contribution in [2.24, 2.45) is 0 Å². The van der Waals surface area contributed by atoms with Gasteiger partial charge in [-0.15, -0.1) is 6.58 Å². The van der Waals surface area contributed by atoms with Gasteiger partial charge in [-0.25, -0.2) is 0 Å². The van der Waals surface area contributed by atoms with Gasteiger partial charge in [-0.1, -0.05) is 36.4 Å². The molecule has 0 saturated carbocycles. The summed E-state index contributed by atoms with van der Waals surface area (Å²) in [6.07, 6.45) is 1.97. The molecule has 0 aliphatic heterocycles. The number of nitrogens with zero attached hydrogens (tertiary/aromatic N) is 1. The first kappa shape index (κ1) is 11.1. The zero-order valence-electron chi connectivity index (χ0n) is 10.9. The van der Waals surface area contributed by atoms with E-state index in [0.29, 0.717) is 0 Å². The minimum atomic E-state index is 0.855. The third-order valence-electron chi connectivity index (χ3n) is 3.63. The van der Waals surface area contributed by atoms with Crippen molar-refractivity contribution in [1.82, 2.24) is 4.57 Å². The van der Waals surface area contributed by atoms with E-state index in [0.717, 1.165) is 6.54 Å². The van der Waals surface area contributed by atoms with Gasteiger partial charge in [0.05, 0.1) is 5.52 Å². The van der Waals surface area contributed by atoms with Gasteiger partial charge >= 0.3 is 0 Å². The molecule has 0 aliphatic rings. The molecule has 0 N–H and O–H groups in total. The highest BCUT2D eigenvalue weighted by Gasteiger charge is 2.12. The number of benzene rings is 2. The largest absolute Gasteiger partial charge is 0.336 e. The highest BCUT2D eigenvalue weighted by atomic mass is 15.0. The highest BCUT2D eigenvalue weighted by molar-refractivity contribution is 6.10. The first-order chi connectivity index (χ1) is 8.74. The van der Waals surface area contributed by atoms with E-state index >= 15 is 0 Å². The van der Waals surface area contributed by atoms with Crippen LogP contribution < -0.4 is 0 Å². The second kappa shape index (κ2) is 4.02. The molecule has 18 heavy (non-hydrogen) atoms. The van der Waals surface area contributed by atoms with Gasteiger partial charge in [-0.05, 0) is 31.0 Å². The number of hydrogen-bond acceptors (Lipinski definition) is 0. The Bertz CT molecular complexity index is 747. The van der Waals surface area contributed by atoms with E-state index in [9.17, 15) is 0 Å². The molecule has 0 spiro atoms. The van der Waals surface area contributed by atoms with Crippen LogP contribution in [0.3, 0.4) is 0 Å². The molecule has 0 unspecified atom stereocenters. The van der Waals surface area contributed by atoms with Gasteiger partial charge in [0.15, 0.2) is 0 Å². The molecule has 3 rings (SSSR count). The molecule has 90 valence electrons. The second-order valence-electron chi connectivity index (χ2n) is 4.84. The average Bonchev–Trinajstić information content (AvgIpc) is 2.71. The zero-order valence-corrected chi connectivity index (χ0v) is 10.9. The Morgan fingerprint density at radius 1 is 1.06 bits per heavy atom. The molecular weight excluding hydrogens is 218 g/mol. The normalized spacial score (nSPS) is 11.2. The van der Waals surface area contributed by atoms with Gasteiger partial charge in [0.1, 0.15) is 0 Å². The molecule has 0 radical (unpaired) electrons. The van der Waals surface area contributed by atoms with Gasteiger partial charge in [-0.2, -0.15) is 0 Å². The Balaban J connectivity index is 2.62. The van der Waals surface area contributed by atoms with E-state index in [-0.39, 0.29) is 0 Å². The number of para-hydroxylation sites is 1. The minimum Gasteiger partial charge on any atom is -0.336 e. The van der Waals surface area contributed by atoms with E-state index in [1.807, 2.05) is 6.08 Å². The molecule has 1 aromatic heterocycles. The number of aromatic nitrogens is 1. The van der Waals surface area contributed by atoms with Crippen LogP contribution in [-0.2, 0) is 6.54 Å².